The minimum atomic E-state index is -4.48. The molecule has 0 aromatic heterocycles. The summed E-state index contributed by atoms with van der Waals surface area (Å²) in [5.41, 5.74) is 0. The highest BCUT2D eigenvalue weighted by Crippen LogP contribution is 2.42. The highest BCUT2D eigenvalue weighted by molar-refractivity contribution is 7.52. The normalized spacial score (nSPS) is 17.9. The topological polar surface area (TPSA) is 107 Å². The van der Waals surface area contributed by atoms with Crippen LogP contribution in [-0.2, 0) is 9.30 Å². The Balaban J connectivity index is 4.29. The highest BCUT2D eigenvalue weighted by atomic mass is 31.2. The van der Waals surface area contributed by atoms with Gasteiger partial charge in [-0.1, -0.05) is 0 Å². The quantitative estimate of drug-likeness (QED) is 0.397. The van der Waals surface area contributed by atoms with Crippen molar-refractivity contribution in [2.75, 3.05) is 13.7 Å². The minimum Gasteiger partial charge on any atom is -0.394 e. The largest absolute Gasteiger partial charge is 0.394 e. The van der Waals surface area contributed by atoms with Crippen molar-refractivity contribution in [3.05, 3.63) is 0 Å². The van der Waals surface area contributed by atoms with Crippen LogP contribution in [0.2, 0.25) is 0 Å². The van der Waals surface area contributed by atoms with Crippen LogP contribution >= 0.6 is 7.60 Å². The Morgan fingerprint density at radius 2 is 2.00 bits per heavy atom. The molecule has 2 atom stereocenters. The van der Waals surface area contributed by atoms with Crippen molar-refractivity contribution in [3.63, 3.8) is 0 Å². The van der Waals surface area contributed by atoms with E-state index < -0.39 is 26.2 Å². The van der Waals surface area contributed by atoms with Crippen LogP contribution in [-0.4, -0.2) is 45.7 Å². The average Bonchev–Trinajstić information content (AvgIpc) is 1.86. The SMILES string of the molecule is COC(C(O)CO)P(=O)(O)O. The fraction of sp³-hybridized carbons (Fsp3) is 1.00. The third-order valence-electron chi connectivity index (χ3n) is 1.09. The lowest BCUT2D eigenvalue weighted by atomic mass is 10.4. The first-order valence-corrected chi connectivity index (χ1v) is 4.48. The summed E-state index contributed by atoms with van der Waals surface area (Å²) in [7, 11) is -3.44. The third kappa shape index (κ3) is 3.29. The molecule has 0 aromatic rings. The Morgan fingerprint density at radius 3 is 2.09 bits per heavy atom. The molecule has 4 N–H and O–H groups in total. The lowest BCUT2D eigenvalue weighted by Gasteiger charge is -2.20. The Bertz CT molecular complexity index is 153. The molecule has 2 unspecified atom stereocenters. The predicted molar refractivity (Wildman–Crippen MR) is 35.9 cm³/mol. The molecule has 0 aromatic carbocycles. The molecule has 0 rings (SSSR count). The van der Waals surface area contributed by atoms with E-state index in [0.29, 0.717) is 0 Å². The van der Waals surface area contributed by atoms with Crippen LogP contribution in [0.4, 0.5) is 0 Å². The maximum absolute atomic E-state index is 10.5. The first-order chi connectivity index (χ1) is 4.93. The zero-order chi connectivity index (χ0) is 9.07. The van der Waals surface area contributed by atoms with Gasteiger partial charge in [0, 0.05) is 7.11 Å². The van der Waals surface area contributed by atoms with Crippen LogP contribution < -0.4 is 0 Å². The van der Waals surface area contributed by atoms with E-state index in [9.17, 15) is 4.57 Å². The Hall–Kier alpha value is 0.0300. The number of hydrogen-bond donors (Lipinski definition) is 4. The molecule has 0 radical (unpaired) electrons. The predicted octanol–water partition coefficient (Wildman–Crippen LogP) is -1.51. The molecule has 0 saturated heterocycles. The van der Waals surface area contributed by atoms with Crippen LogP contribution in [0.3, 0.4) is 0 Å². The summed E-state index contributed by atoms with van der Waals surface area (Å²) in [6.07, 6.45) is -1.55. The number of rotatable bonds is 4. The molecule has 11 heavy (non-hydrogen) atoms. The molecule has 0 bridgehead atoms. The van der Waals surface area contributed by atoms with Crippen LogP contribution in [0.25, 0.3) is 0 Å². The third-order valence-corrected chi connectivity index (χ3v) is 2.31. The van der Waals surface area contributed by atoms with Gasteiger partial charge in [-0.15, -0.1) is 0 Å². The van der Waals surface area contributed by atoms with E-state index in [1.54, 1.807) is 0 Å². The molecule has 7 heteroatoms. The molecular formula is C4H11O6P. The Morgan fingerprint density at radius 1 is 1.55 bits per heavy atom. The first-order valence-electron chi connectivity index (χ1n) is 2.80. The smallest absolute Gasteiger partial charge is 0.356 e. The second-order valence-corrected chi connectivity index (χ2v) is 3.65. The summed E-state index contributed by atoms with van der Waals surface area (Å²) >= 11 is 0. The maximum atomic E-state index is 10.5. The van der Waals surface area contributed by atoms with Gasteiger partial charge in [-0.2, -0.15) is 0 Å². The van der Waals surface area contributed by atoms with Gasteiger partial charge in [0.1, 0.15) is 6.10 Å². The summed E-state index contributed by atoms with van der Waals surface area (Å²) < 4.78 is 14.8. The Kier molecular flexibility index (Phi) is 4.17. The van der Waals surface area contributed by atoms with Crippen molar-refractivity contribution >= 4 is 7.60 Å². The van der Waals surface area contributed by atoms with E-state index in [-0.39, 0.29) is 0 Å². The number of ether oxygens (including phenoxy) is 1. The zero-order valence-corrected chi connectivity index (χ0v) is 6.81. The van der Waals surface area contributed by atoms with E-state index in [1.165, 1.54) is 0 Å². The monoisotopic (exact) mass is 186 g/mol. The van der Waals surface area contributed by atoms with E-state index >= 15 is 0 Å². The van der Waals surface area contributed by atoms with Gasteiger partial charge in [0.15, 0.2) is 5.85 Å². The van der Waals surface area contributed by atoms with E-state index in [2.05, 4.69) is 4.74 Å². The van der Waals surface area contributed by atoms with Crippen molar-refractivity contribution in [2.45, 2.75) is 11.9 Å². The van der Waals surface area contributed by atoms with Crippen molar-refractivity contribution in [2.24, 2.45) is 0 Å². The molecule has 0 aliphatic carbocycles. The molecular weight excluding hydrogens is 175 g/mol. The van der Waals surface area contributed by atoms with Crippen molar-refractivity contribution in [1.82, 2.24) is 0 Å². The van der Waals surface area contributed by atoms with Crippen LogP contribution in [0, 0.1) is 0 Å². The molecule has 0 heterocycles. The Labute approximate surface area is 63.6 Å². The second-order valence-electron chi connectivity index (χ2n) is 1.97. The molecule has 0 spiro atoms. The minimum absolute atomic E-state index is 0.746. The van der Waals surface area contributed by atoms with Crippen LogP contribution in [0.15, 0.2) is 0 Å². The lowest BCUT2D eigenvalue weighted by molar-refractivity contribution is -0.00841. The van der Waals surface area contributed by atoms with Gasteiger partial charge in [0.2, 0.25) is 0 Å². The second kappa shape index (κ2) is 4.15. The van der Waals surface area contributed by atoms with E-state index in [1.807, 2.05) is 0 Å². The molecule has 6 nitrogen and oxygen atoms in total. The number of aliphatic hydroxyl groups is 2. The van der Waals surface area contributed by atoms with Crippen LogP contribution in [0.5, 0.6) is 0 Å². The number of hydrogen-bond acceptors (Lipinski definition) is 4. The molecule has 68 valence electrons. The average molecular weight is 186 g/mol. The van der Waals surface area contributed by atoms with Crippen molar-refractivity contribution in [3.8, 4) is 0 Å². The van der Waals surface area contributed by atoms with Gasteiger partial charge in [-0.05, 0) is 0 Å². The van der Waals surface area contributed by atoms with Gasteiger partial charge in [0.25, 0.3) is 0 Å². The zero-order valence-electron chi connectivity index (χ0n) is 5.91. The summed E-state index contributed by atoms with van der Waals surface area (Å²) in [5.74, 6) is -1.65. The fourth-order valence-electron chi connectivity index (χ4n) is 0.609. The van der Waals surface area contributed by atoms with Crippen molar-refractivity contribution in [1.29, 1.82) is 0 Å². The van der Waals surface area contributed by atoms with Gasteiger partial charge < -0.3 is 24.7 Å². The fourth-order valence-corrected chi connectivity index (χ4v) is 1.43. The molecule has 0 aliphatic rings. The maximum Gasteiger partial charge on any atom is 0.356 e. The van der Waals surface area contributed by atoms with Gasteiger partial charge in [-0.25, -0.2) is 0 Å². The molecule has 0 amide bonds. The lowest BCUT2D eigenvalue weighted by Crippen LogP contribution is -2.30. The molecule has 0 aliphatic heterocycles. The summed E-state index contributed by atoms with van der Waals surface area (Å²) in [6, 6.07) is 0. The van der Waals surface area contributed by atoms with E-state index in [4.69, 9.17) is 20.0 Å². The van der Waals surface area contributed by atoms with E-state index in [0.717, 1.165) is 7.11 Å². The first kappa shape index (κ1) is 11.0. The molecule has 0 fully saturated rings. The van der Waals surface area contributed by atoms with Gasteiger partial charge in [0.05, 0.1) is 6.61 Å². The summed E-state index contributed by atoms with van der Waals surface area (Å²) in [4.78, 5) is 17.0. The van der Waals surface area contributed by atoms with Gasteiger partial charge in [-0.3, -0.25) is 4.57 Å². The molecule has 0 saturated carbocycles. The van der Waals surface area contributed by atoms with Crippen molar-refractivity contribution < 1.29 is 29.3 Å². The number of methoxy groups -OCH3 is 1. The standard InChI is InChI=1S/C4H11O6P/c1-10-4(3(6)2-5)11(7,8)9/h3-6H,2H2,1H3,(H2,7,8,9). The summed E-state index contributed by atoms with van der Waals surface area (Å²) in [6.45, 7) is -0.746. The number of aliphatic hydroxyl groups excluding tert-OH is 2. The van der Waals surface area contributed by atoms with Crippen LogP contribution in [0.1, 0.15) is 0 Å². The highest BCUT2D eigenvalue weighted by Gasteiger charge is 2.34. The summed E-state index contributed by atoms with van der Waals surface area (Å²) in [5, 5.41) is 17.1. The van der Waals surface area contributed by atoms with Gasteiger partial charge >= 0.3 is 7.60 Å².